The number of fused-ring (bicyclic) bond motifs is 13. The van der Waals surface area contributed by atoms with E-state index in [2.05, 4.69) is 427 Å². The van der Waals surface area contributed by atoms with Crippen LogP contribution in [0.3, 0.4) is 0 Å². The Morgan fingerprint density at radius 1 is 0.317 bits per heavy atom. The van der Waals surface area contributed by atoms with Crippen LogP contribution in [-0.2, 0) is 65.1 Å². The maximum Gasteiger partial charge on any atom is 0.155 e. The van der Waals surface area contributed by atoms with Gasteiger partial charge in [0.25, 0.3) is 0 Å². The number of ketones is 1. The largest absolute Gasteiger partial charge is 0.512 e. The van der Waals surface area contributed by atoms with E-state index in [0.29, 0.717) is 11.8 Å². The van der Waals surface area contributed by atoms with Gasteiger partial charge in [0.05, 0.1) is 22.6 Å². The summed E-state index contributed by atoms with van der Waals surface area (Å²) < 4.78 is 2.35. The average Bonchev–Trinajstić information content (AvgIpc) is 1.74. The van der Waals surface area contributed by atoms with Crippen LogP contribution in [-0.4, -0.2) is 35.2 Å². The van der Waals surface area contributed by atoms with Gasteiger partial charge in [-0.25, -0.2) is 0 Å². The molecule has 0 aliphatic heterocycles. The molecule has 10 heteroatoms. The number of aromatic nitrogens is 5. The third kappa shape index (κ3) is 23.4. The van der Waals surface area contributed by atoms with Crippen LogP contribution >= 0.6 is 0 Å². The van der Waals surface area contributed by atoms with Crippen molar-refractivity contribution in [2.45, 2.75) is 74.1 Å². The van der Waals surface area contributed by atoms with E-state index in [1.165, 1.54) is 191 Å². The predicted molar refractivity (Wildman–Crippen MR) is 584 cm³/mol. The summed E-state index contributed by atoms with van der Waals surface area (Å²) in [4.78, 5) is 28.2. The van der Waals surface area contributed by atoms with Gasteiger partial charge in [0.2, 0.25) is 0 Å². The fraction of sp³-hybridized carbons (Fsp3) is 0.0833. The van der Waals surface area contributed by atoms with Gasteiger partial charge in [-0.3, -0.25) is 14.8 Å². The molecule has 5 heterocycles. The van der Waals surface area contributed by atoms with Gasteiger partial charge in [0, 0.05) is 96.1 Å². The van der Waals surface area contributed by atoms with E-state index < -0.39 is 0 Å². The van der Waals surface area contributed by atoms with Crippen molar-refractivity contribution < 1.29 is 70.2 Å². The van der Waals surface area contributed by atoms with Crippen molar-refractivity contribution in [3.05, 3.63) is 513 Å². The first-order valence-electron chi connectivity index (χ1n) is 47.3. The van der Waals surface area contributed by atoms with E-state index in [4.69, 9.17) is 15.1 Å². The third-order valence-corrected chi connectivity index (χ3v) is 25.0. The van der Waals surface area contributed by atoms with Gasteiger partial charge in [-0.15, -0.1) is 136 Å². The number of aliphatic hydroxyl groups is 1. The Bertz CT molecular complexity index is 7600. The molecular formula is C132H105Ir3N5O2-4. The Morgan fingerprint density at radius 2 is 0.711 bits per heavy atom. The fourth-order valence-electron chi connectivity index (χ4n) is 18.4. The number of carbonyl (C=O) groups is 1. The maximum absolute atomic E-state index is 10.0. The SMILES string of the molecule is CC(=O)C=C(C)O.Cc1cc[c-]c(-c2ccc3ccc(C)cc3n2)c1.Cc1ccc2c(c1)c1ccc[c-]c1c1ncc(-c3c(C(C)C)cccc3C(C)C)n21.[Ir].[Ir].[Ir].[c-]1ccc(-c2ccccc2)cc1-c1ccccn1.[c-]1ccccc1-c1ccccn1.c1ccc(-c2cc3c4cc(-c5ccccc5)c(-c5ccccc5)cc4c4cc(-c5ccccc5)c(-c5ccccc5)cc4c3cc2-c2ccccc2)cc1. The summed E-state index contributed by atoms with van der Waals surface area (Å²) in [5, 5.41) is 20.6. The molecule has 0 atom stereocenters. The number of benzene rings is 18. The van der Waals surface area contributed by atoms with Gasteiger partial charge in [0.1, 0.15) is 0 Å². The summed E-state index contributed by atoms with van der Waals surface area (Å²) in [5.74, 6) is 0.807. The molecule has 5 aromatic heterocycles. The summed E-state index contributed by atoms with van der Waals surface area (Å²) in [7, 11) is 0. The minimum Gasteiger partial charge on any atom is -0.512 e. The summed E-state index contributed by atoms with van der Waals surface area (Å²) in [6.45, 7) is 18.3. The van der Waals surface area contributed by atoms with Crippen LogP contribution in [0, 0.1) is 45.0 Å². The molecule has 7 nitrogen and oxygen atoms in total. The summed E-state index contributed by atoms with van der Waals surface area (Å²) >= 11 is 0. The first kappa shape index (κ1) is 101. The molecule has 0 fully saturated rings. The Kier molecular flexibility index (Phi) is 34.0. The van der Waals surface area contributed by atoms with Crippen LogP contribution < -0.4 is 0 Å². The molecular weight excluding hydrogens is 2260 g/mol. The molecule has 0 aliphatic rings. The van der Waals surface area contributed by atoms with Crippen LogP contribution in [0.2, 0.25) is 0 Å². The minimum atomic E-state index is -0.125. The number of imidazole rings is 1. The molecule has 0 spiro atoms. The first-order valence-corrected chi connectivity index (χ1v) is 47.3. The fourth-order valence-corrected chi connectivity index (χ4v) is 18.4. The molecule has 0 amide bonds. The van der Waals surface area contributed by atoms with Crippen LogP contribution in [0.1, 0.15) is 81.2 Å². The molecule has 0 aliphatic carbocycles. The molecule has 0 bridgehead atoms. The van der Waals surface area contributed by atoms with Crippen LogP contribution in [0.5, 0.6) is 0 Å². The van der Waals surface area contributed by atoms with Crippen LogP contribution in [0.15, 0.2) is 461 Å². The second-order valence-electron chi connectivity index (χ2n) is 35.6. The Hall–Kier alpha value is -15.2. The minimum absolute atomic E-state index is 0. The molecule has 701 valence electrons. The molecule has 0 saturated carbocycles. The van der Waals surface area contributed by atoms with Gasteiger partial charge >= 0.3 is 0 Å². The maximum atomic E-state index is 10.0. The standard InChI is InChI=1S/C54H36.C28H27N2.C17H14N.C17H12N.C11H8N.C5H8O2.3Ir/c1-7-19-37(20-8-1)43-31-49-50(32-44(43)38-21-9-2-10-22-38)52-34-46(40-25-13-4-14-26-40)48(42-29-17-6-18-30-42)36-54(52)53-35-47(41-27-15-5-16-28-41)45(33-51(49)53)39-23-11-3-12-24-39;1-17(2)20-11-8-12-21(18(3)4)27(20)26-16-29-28-23-10-7-6-9-22(23)24-15-19(5)13-14-25(24)30(26)28;1-12-4-3-5-15(10-12)16-9-8-14-7-6-13(2)11-17(14)18-16;1-2-7-14(8-3-1)15-9-6-10-16(13-15)17-11-4-5-12-18-17;1-2-6-10(7-3-1)11-8-4-5-9-12-11;1-4(6)3-5(2)7;;;/h1-36H;6-9,11-18H,1-5H3;3-4,6-11H,1-2H3;1-9,11-13H;1-6,8-9H;3,6H,1-2H3;;;/q;4*-1;;;;. The summed E-state index contributed by atoms with van der Waals surface area (Å²) in [5.41, 5.74) is 35.3. The molecule has 3 radical (unpaired) electrons. The number of pyridine rings is 4. The van der Waals surface area contributed by atoms with E-state index in [9.17, 15) is 4.79 Å². The smallest absolute Gasteiger partial charge is 0.155 e. The first-order chi connectivity index (χ1) is 68.0. The van der Waals surface area contributed by atoms with Crippen molar-refractivity contribution in [2.75, 3.05) is 0 Å². The summed E-state index contributed by atoms with van der Waals surface area (Å²) in [6, 6.07) is 165. The van der Waals surface area contributed by atoms with Gasteiger partial charge in [-0.1, -0.05) is 337 Å². The summed E-state index contributed by atoms with van der Waals surface area (Å²) in [6.07, 6.45) is 6.82. The molecule has 0 unspecified atom stereocenters. The van der Waals surface area contributed by atoms with E-state index in [1.54, 1.807) is 12.4 Å². The number of nitrogens with zero attached hydrogens (tertiary/aromatic N) is 5. The van der Waals surface area contributed by atoms with Gasteiger partial charge < -0.3 is 19.5 Å². The van der Waals surface area contributed by atoms with Crippen molar-refractivity contribution in [3.63, 3.8) is 0 Å². The zero-order valence-corrected chi connectivity index (χ0v) is 87.7. The predicted octanol–water partition coefficient (Wildman–Crippen LogP) is 34.9. The Labute approximate surface area is 873 Å². The molecule has 18 aromatic carbocycles. The zero-order chi connectivity index (χ0) is 95.7. The normalized spacial score (nSPS) is 10.9. The van der Waals surface area contributed by atoms with Gasteiger partial charge in [0.15, 0.2) is 5.78 Å². The van der Waals surface area contributed by atoms with Crippen LogP contribution in [0.4, 0.5) is 0 Å². The number of rotatable bonds is 14. The van der Waals surface area contributed by atoms with Gasteiger partial charge in [-0.2, -0.15) is 0 Å². The second kappa shape index (κ2) is 47.7. The molecule has 142 heavy (non-hydrogen) atoms. The van der Waals surface area contributed by atoms with E-state index in [1.807, 2.05) is 97.1 Å². The quantitative estimate of drug-likeness (QED) is 0.0505. The van der Waals surface area contributed by atoms with E-state index >= 15 is 0 Å². The number of carbonyl (C=O) groups excluding carboxylic acids is 1. The number of hydrogen-bond acceptors (Lipinski definition) is 6. The second-order valence-corrected chi connectivity index (χ2v) is 35.6. The molecule has 1 N–H and O–H groups in total. The van der Waals surface area contributed by atoms with E-state index in [0.717, 1.165) is 50.3 Å². The number of hydrogen-bond donors (Lipinski definition) is 1. The van der Waals surface area contributed by atoms with Crippen molar-refractivity contribution in [1.29, 1.82) is 0 Å². The zero-order valence-electron chi connectivity index (χ0n) is 80.5. The Balaban J connectivity index is 0.000000145. The van der Waals surface area contributed by atoms with Crippen LogP contribution in [0.25, 0.3) is 193 Å². The topological polar surface area (TPSA) is 93.3 Å². The Morgan fingerprint density at radius 3 is 1.13 bits per heavy atom. The number of aliphatic hydroxyl groups excluding tert-OH is 1. The van der Waals surface area contributed by atoms with E-state index in [-0.39, 0.29) is 71.9 Å². The van der Waals surface area contributed by atoms with Crippen molar-refractivity contribution in [3.8, 4) is 123 Å². The molecule has 23 rings (SSSR count). The number of allylic oxidation sites excluding steroid dienone is 2. The van der Waals surface area contributed by atoms with Crippen molar-refractivity contribution in [2.24, 2.45) is 0 Å². The van der Waals surface area contributed by atoms with Gasteiger partial charge in [-0.05, 0) is 249 Å². The monoisotopic (exact) mass is 2370 g/mol. The average molecular weight is 2370 g/mol. The number of aryl methyl sites for hydroxylation is 3. The third-order valence-electron chi connectivity index (χ3n) is 25.0. The molecule has 23 aromatic rings. The van der Waals surface area contributed by atoms with Crippen molar-refractivity contribution >= 4 is 76.3 Å². The molecule has 0 saturated heterocycles. The van der Waals surface area contributed by atoms with Crippen molar-refractivity contribution in [1.82, 2.24) is 24.3 Å².